The molecule has 0 aliphatic carbocycles. The van der Waals surface area contributed by atoms with E-state index in [0.29, 0.717) is 0 Å². The lowest BCUT2D eigenvalue weighted by Crippen LogP contribution is -2.19. The average Bonchev–Trinajstić information content (AvgIpc) is 2.17. The third kappa shape index (κ3) is 3.14. The minimum Gasteiger partial charge on any atom is -0.328 e. The Morgan fingerprint density at radius 2 is 2.00 bits per heavy atom. The van der Waals surface area contributed by atoms with Gasteiger partial charge in [-0.3, -0.25) is 4.57 Å². The van der Waals surface area contributed by atoms with E-state index in [4.69, 9.17) is 9.66 Å². The Morgan fingerprint density at radius 3 is 2.53 bits per heavy atom. The lowest BCUT2D eigenvalue weighted by atomic mass is 10.4. The Kier molecular flexibility index (Phi) is 4.04. The van der Waals surface area contributed by atoms with E-state index >= 15 is 0 Å². The summed E-state index contributed by atoms with van der Waals surface area (Å²) in [7, 11) is -6.39. The van der Waals surface area contributed by atoms with Gasteiger partial charge in [0.05, 0.1) is 16.8 Å². The van der Waals surface area contributed by atoms with Crippen LogP contribution >= 0.6 is 8.03 Å². The quantitative estimate of drug-likeness (QED) is 0.786. The van der Waals surface area contributed by atoms with Gasteiger partial charge in [-0.05, 0) is 19.1 Å². The lowest BCUT2D eigenvalue weighted by Gasteiger charge is -2.06. The van der Waals surface area contributed by atoms with Crippen molar-refractivity contribution in [2.75, 3.05) is 6.61 Å². The van der Waals surface area contributed by atoms with E-state index in [1.54, 1.807) is 13.0 Å². The first-order valence-electron chi connectivity index (χ1n) is 4.25. The van der Waals surface area contributed by atoms with E-state index in [1.165, 1.54) is 18.2 Å². The number of benzene rings is 1. The van der Waals surface area contributed by atoms with E-state index in [9.17, 15) is 13.0 Å². The standard InChI is InChI=1S/C8H12NO4PS/c1-2-13-14(10)7-5-3-4-6-8(7)15(9,11)12/h3-6,14H,2H2,1H3,(H2,9,11,12). The summed E-state index contributed by atoms with van der Waals surface area (Å²) in [6.45, 7) is 1.94. The van der Waals surface area contributed by atoms with Crippen LogP contribution < -0.4 is 10.4 Å². The molecule has 0 bridgehead atoms. The Labute approximate surface area is 89.2 Å². The van der Waals surface area contributed by atoms with E-state index in [-0.39, 0.29) is 16.8 Å². The molecule has 7 heteroatoms. The highest BCUT2D eigenvalue weighted by Crippen LogP contribution is 2.24. The zero-order valence-electron chi connectivity index (χ0n) is 8.14. The summed E-state index contributed by atoms with van der Waals surface area (Å²) in [5.74, 6) is 0. The molecule has 0 amide bonds. The second kappa shape index (κ2) is 4.90. The van der Waals surface area contributed by atoms with Crippen molar-refractivity contribution in [1.29, 1.82) is 0 Å². The molecule has 0 saturated carbocycles. The van der Waals surface area contributed by atoms with Crippen molar-refractivity contribution in [3.8, 4) is 0 Å². The van der Waals surface area contributed by atoms with Crippen molar-refractivity contribution in [2.24, 2.45) is 5.14 Å². The predicted molar refractivity (Wildman–Crippen MR) is 58.1 cm³/mol. The van der Waals surface area contributed by atoms with Gasteiger partial charge in [0.15, 0.2) is 0 Å². The van der Waals surface area contributed by atoms with Crippen LogP contribution in [-0.4, -0.2) is 15.0 Å². The molecule has 0 spiro atoms. The van der Waals surface area contributed by atoms with Crippen LogP contribution in [0, 0.1) is 0 Å². The summed E-state index contributed by atoms with van der Waals surface area (Å²) in [5, 5.41) is 5.13. The predicted octanol–water partition coefficient (Wildman–Crippen LogP) is 0.471. The molecule has 0 radical (unpaired) electrons. The van der Waals surface area contributed by atoms with Gasteiger partial charge in [-0.25, -0.2) is 13.6 Å². The van der Waals surface area contributed by atoms with Crippen LogP contribution in [0.4, 0.5) is 0 Å². The molecular weight excluding hydrogens is 237 g/mol. The molecule has 0 heterocycles. The first-order valence-corrected chi connectivity index (χ1v) is 7.12. The maximum atomic E-state index is 11.6. The fraction of sp³-hybridized carbons (Fsp3) is 0.250. The van der Waals surface area contributed by atoms with Crippen LogP contribution in [0.5, 0.6) is 0 Å². The third-order valence-electron chi connectivity index (χ3n) is 1.69. The van der Waals surface area contributed by atoms with Crippen molar-refractivity contribution in [3.63, 3.8) is 0 Å². The maximum absolute atomic E-state index is 11.6. The second-order valence-corrected chi connectivity index (χ2v) is 5.69. The van der Waals surface area contributed by atoms with Gasteiger partial charge in [0.1, 0.15) is 0 Å². The fourth-order valence-electron chi connectivity index (χ4n) is 1.09. The zero-order chi connectivity index (χ0) is 11.5. The molecule has 0 saturated heterocycles. The number of rotatable bonds is 4. The van der Waals surface area contributed by atoms with Gasteiger partial charge in [-0.2, -0.15) is 0 Å². The van der Waals surface area contributed by atoms with Gasteiger partial charge in [0.2, 0.25) is 18.1 Å². The molecular formula is C8H12NO4PS. The smallest absolute Gasteiger partial charge is 0.238 e. The summed E-state index contributed by atoms with van der Waals surface area (Å²) >= 11 is 0. The second-order valence-electron chi connectivity index (χ2n) is 2.76. The van der Waals surface area contributed by atoms with Gasteiger partial charge in [-0.15, -0.1) is 0 Å². The number of hydrogen-bond acceptors (Lipinski definition) is 4. The van der Waals surface area contributed by atoms with Crippen molar-refractivity contribution >= 4 is 23.4 Å². The first kappa shape index (κ1) is 12.4. The fourth-order valence-corrected chi connectivity index (χ4v) is 3.35. The third-order valence-corrected chi connectivity index (χ3v) is 4.27. The van der Waals surface area contributed by atoms with Gasteiger partial charge < -0.3 is 4.52 Å². The van der Waals surface area contributed by atoms with E-state index in [0.717, 1.165) is 0 Å². The highest BCUT2D eigenvalue weighted by Gasteiger charge is 2.17. The Morgan fingerprint density at radius 1 is 1.40 bits per heavy atom. The lowest BCUT2D eigenvalue weighted by molar-refractivity contribution is 0.357. The van der Waals surface area contributed by atoms with Gasteiger partial charge in [-0.1, -0.05) is 12.1 Å². The molecule has 84 valence electrons. The van der Waals surface area contributed by atoms with E-state index < -0.39 is 18.1 Å². The minimum atomic E-state index is -3.85. The van der Waals surface area contributed by atoms with Crippen LogP contribution in [0.1, 0.15) is 6.92 Å². The first-order chi connectivity index (χ1) is 6.96. The minimum absolute atomic E-state index is 0.137. The summed E-state index contributed by atoms with van der Waals surface area (Å²) in [5.41, 5.74) is 0. The molecule has 15 heavy (non-hydrogen) atoms. The molecule has 2 N–H and O–H groups in total. The zero-order valence-corrected chi connectivity index (χ0v) is 9.95. The number of primary sulfonamides is 1. The van der Waals surface area contributed by atoms with Crippen molar-refractivity contribution in [3.05, 3.63) is 24.3 Å². The molecule has 0 aromatic heterocycles. The van der Waals surface area contributed by atoms with Crippen LogP contribution in [-0.2, 0) is 19.1 Å². The molecule has 1 aromatic rings. The number of hydrogen-bond donors (Lipinski definition) is 1. The topological polar surface area (TPSA) is 86.5 Å². The molecule has 0 aliphatic heterocycles. The summed E-state index contributed by atoms with van der Waals surface area (Å²) in [6.07, 6.45) is 0. The summed E-state index contributed by atoms with van der Waals surface area (Å²) in [6, 6.07) is 5.86. The van der Waals surface area contributed by atoms with Crippen LogP contribution in [0.25, 0.3) is 0 Å². The van der Waals surface area contributed by atoms with E-state index in [1.807, 2.05) is 0 Å². The average molecular weight is 249 g/mol. The van der Waals surface area contributed by atoms with Crippen LogP contribution in [0.15, 0.2) is 29.2 Å². The largest absolute Gasteiger partial charge is 0.328 e. The maximum Gasteiger partial charge on any atom is 0.238 e. The molecule has 1 rings (SSSR count). The Balaban J connectivity index is 3.25. The normalized spacial score (nSPS) is 13.7. The summed E-state index contributed by atoms with van der Waals surface area (Å²) in [4.78, 5) is -0.137. The van der Waals surface area contributed by atoms with E-state index in [2.05, 4.69) is 0 Å². The molecule has 0 aliphatic rings. The van der Waals surface area contributed by atoms with Crippen molar-refractivity contribution in [1.82, 2.24) is 0 Å². The SMILES string of the molecule is CCO[PH](=O)c1ccccc1S(N)(=O)=O. The highest BCUT2D eigenvalue weighted by molar-refractivity contribution is 7.89. The van der Waals surface area contributed by atoms with Gasteiger partial charge in [0, 0.05) is 0 Å². The molecule has 1 aromatic carbocycles. The molecule has 1 atom stereocenters. The molecule has 1 unspecified atom stereocenters. The molecule has 5 nitrogen and oxygen atoms in total. The van der Waals surface area contributed by atoms with Crippen molar-refractivity contribution in [2.45, 2.75) is 11.8 Å². The van der Waals surface area contributed by atoms with Crippen LogP contribution in [0.2, 0.25) is 0 Å². The Bertz CT molecular complexity index is 471. The molecule has 0 fully saturated rings. The highest BCUT2D eigenvalue weighted by atomic mass is 32.2. The van der Waals surface area contributed by atoms with Gasteiger partial charge >= 0.3 is 0 Å². The number of sulfonamides is 1. The Hall–Kier alpha value is -0.680. The monoisotopic (exact) mass is 249 g/mol. The van der Waals surface area contributed by atoms with Crippen LogP contribution in [0.3, 0.4) is 0 Å². The summed E-state index contributed by atoms with van der Waals surface area (Å²) < 4.78 is 38.8. The van der Waals surface area contributed by atoms with Gasteiger partial charge in [0.25, 0.3) is 0 Å². The number of nitrogens with two attached hydrogens (primary N) is 1. The van der Waals surface area contributed by atoms with Crippen molar-refractivity contribution < 1.29 is 17.5 Å².